The Labute approximate surface area is 88.5 Å². The maximum absolute atomic E-state index is 9.04. The summed E-state index contributed by atoms with van der Waals surface area (Å²) in [4.78, 5) is 0. The number of aliphatic hydroxyl groups excluding tert-OH is 1. The zero-order valence-corrected chi connectivity index (χ0v) is 8.84. The molecule has 14 heavy (non-hydrogen) atoms. The van der Waals surface area contributed by atoms with Crippen molar-refractivity contribution >= 4 is 11.6 Å². The second-order valence-corrected chi connectivity index (χ2v) is 4.21. The first kappa shape index (κ1) is 9.81. The van der Waals surface area contributed by atoms with Crippen LogP contribution < -0.4 is 4.74 Å². The van der Waals surface area contributed by atoms with Crippen LogP contribution in [0.3, 0.4) is 0 Å². The van der Waals surface area contributed by atoms with E-state index < -0.39 is 0 Å². The minimum absolute atomic E-state index is 0.172. The van der Waals surface area contributed by atoms with Gasteiger partial charge in [0.05, 0.1) is 6.61 Å². The summed E-state index contributed by atoms with van der Waals surface area (Å²) in [7, 11) is 0. The van der Waals surface area contributed by atoms with E-state index in [0.29, 0.717) is 6.61 Å². The van der Waals surface area contributed by atoms with Crippen LogP contribution in [0.4, 0.5) is 0 Å². The molecule has 0 saturated heterocycles. The van der Waals surface area contributed by atoms with Gasteiger partial charge in [-0.1, -0.05) is 11.6 Å². The van der Waals surface area contributed by atoms with Gasteiger partial charge in [0.1, 0.15) is 5.75 Å². The molecular formula is C11H13ClO2. The van der Waals surface area contributed by atoms with Gasteiger partial charge in [-0.05, 0) is 36.6 Å². The lowest BCUT2D eigenvalue weighted by Crippen LogP contribution is -2.24. The smallest absolute Gasteiger partial charge is 0.125 e. The van der Waals surface area contributed by atoms with Gasteiger partial charge in [-0.2, -0.15) is 0 Å². The average molecular weight is 213 g/mol. The highest BCUT2D eigenvalue weighted by Gasteiger charge is 2.20. The molecule has 1 unspecified atom stereocenters. The number of benzene rings is 1. The third kappa shape index (κ3) is 1.72. The lowest BCUT2D eigenvalue weighted by atomic mass is 9.96. The van der Waals surface area contributed by atoms with E-state index in [9.17, 15) is 0 Å². The second-order valence-electron chi connectivity index (χ2n) is 3.77. The minimum atomic E-state index is 0.172. The molecule has 0 aromatic heterocycles. The Hall–Kier alpha value is -0.730. The first-order valence-electron chi connectivity index (χ1n) is 4.73. The SMILES string of the molecule is Cc1cc(Cl)cc2c1OCC(CO)C2. The van der Waals surface area contributed by atoms with E-state index in [1.807, 2.05) is 19.1 Å². The molecule has 76 valence electrons. The van der Waals surface area contributed by atoms with Crippen molar-refractivity contribution in [2.24, 2.45) is 5.92 Å². The summed E-state index contributed by atoms with van der Waals surface area (Å²) in [5, 5.41) is 9.78. The van der Waals surface area contributed by atoms with E-state index >= 15 is 0 Å². The zero-order chi connectivity index (χ0) is 10.1. The Morgan fingerprint density at radius 3 is 3.07 bits per heavy atom. The van der Waals surface area contributed by atoms with Crippen LogP contribution >= 0.6 is 11.6 Å². The normalized spacial score (nSPS) is 20.1. The van der Waals surface area contributed by atoms with Gasteiger partial charge in [-0.25, -0.2) is 0 Å². The summed E-state index contributed by atoms with van der Waals surface area (Å²) in [5.74, 6) is 1.15. The second kappa shape index (κ2) is 3.79. The molecule has 1 aromatic carbocycles. The third-order valence-corrected chi connectivity index (χ3v) is 2.76. The number of aryl methyl sites for hydroxylation is 1. The lowest BCUT2D eigenvalue weighted by Gasteiger charge is -2.25. The first-order valence-corrected chi connectivity index (χ1v) is 5.11. The molecule has 2 nitrogen and oxygen atoms in total. The van der Waals surface area contributed by atoms with Crippen molar-refractivity contribution in [3.8, 4) is 5.75 Å². The monoisotopic (exact) mass is 212 g/mol. The Bertz CT molecular complexity index is 349. The van der Waals surface area contributed by atoms with Crippen molar-refractivity contribution < 1.29 is 9.84 Å². The molecule has 1 aliphatic heterocycles. The Balaban J connectivity index is 2.37. The molecule has 0 radical (unpaired) electrons. The van der Waals surface area contributed by atoms with Crippen molar-refractivity contribution in [2.75, 3.05) is 13.2 Å². The van der Waals surface area contributed by atoms with Crippen molar-refractivity contribution in [3.05, 3.63) is 28.3 Å². The molecule has 1 atom stereocenters. The molecule has 0 bridgehead atoms. The Kier molecular flexibility index (Phi) is 2.66. The molecule has 1 N–H and O–H groups in total. The van der Waals surface area contributed by atoms with Crippen LogP contribution in [-0.2, 0) is 6.42 Å². The van der Waals surface area contributed by atoms with Crippen LogP contribution in [0.25, 0.3) is 0 Å². The van der Waals surface area contributed by atoms with Crippen molar-refractivity contribution in [2.45, 2.75) is 13.3 Å². The van der Waals surface area contributed by atoms with Gasteiger partial charge in [0, 0.05) is 17.5 Å². The van der Waals surface area contributed by atoms with E-state index in [2.05, 4.69) is 0 Å². The molecule has 3 heteroatoms. The van der Waals surface area contributed by atoms with E-state index in [4.69, 9.17) is 21.4 Å². The maximum atomic E-state index is 9.04. The van der Waals surface area contributed by atoms with Crippen molar-refractivity contribution in [3.63, 3.8) is 0 Å². The Morgan fingerprint density at radius 2 is 2.36 bits per heavy atom. The van der Waals surface area contributed by atoms with Gasteiger partial charge in [-0.15, -0.1) is 0 Å². The van der Waals surface area contributed by atoms with Gasteiger partial charge in [0.2, 0.25) is 0 Å². The predicted octanol–water partition coefficient (Wildman–Crippen LogP) is 2.19. The van der Waals surface area contributed by atoms with Crippen LogP contribution in [0.15, 0.2) is 12.1 Å². The minimum Gasteiger partial charge on any atom is -0.493 e. The molecule has 0 spiro atoms. The van der Waals surface area contributed by atoms with E-state index in [-0.39, 0.29) is 12.5 Å². The summed E-state index contributed by atoms with van der Waals surface area (Å²) in [6.07, 6.45) is 0.854. The number of hydrogen-bond acceptors (Lipinski definition) is 2. The fourth-order valence-electron chi connectivity index (χ4n) is 1.85. The summed E-state index contributed by atoms with van der Waals surface area (Å²) in [6.45, 7) is 2.76. The topological polar surface area (TPSA) is 29.5 Å². The number of fused-ring (bicyclic) bond motifs is 1. The van der Waals surface area contributed by atoms with E-state index in [1.165, 1.54) is 0 Å². The number of ether oxygens (including phenoxy) is 1. The highest BCUT2D eigenvalue weighted by atomic mass is 35.5. The van der Waals surface area contributed by atoms with Crippen LogP contribution in [0, 0.1) is 12.8 Å². The molecule has 0 fully saturated rings. The average Bonchev–Trinajstić information content (AvgIpc) is 2.16. The molecule has 0 amide bonds. The largest absolute Gasteiger partial charge is 0.493 e. The zero-order valence-electron chi connectivity index (χ0n) is 8.09. The highest BCUT2D eigenvalue weighted by molar-refractivity contribution is 6.30. The number of hydrogen-bond donors (Lipinski definition) is 1. The number of aliphatic hydroxyl groups is 1. The molecule has 1 heterocycles. The molecule has 0 aliphatic carbocycles. The van der Waals surface area contributed by atoms with Gasteiger partial charge < -0.3 is 9.84 Å². The van der Waals surface area contributed by atoms with Crippen molar-refractivity contribution in [1.29, 1.82) is 0 Å². The van der Waals surface area contributed by atoms with Gasteiger partial charge in [-0.3, -0.25) is 0 Å². The number of rotatable bonds is 1. The van der Waals surface area contributed by atoms with Crippen LogP contribution in [0.2, 0.25) is 5.02 Å². The molecule has 1 aliphatic rings. The lowest BCUT2D eigenvalue weighted by molar-refractivity contribution is 0.146. The summed E-state index contributed by atoms with van der Waals surface area (Å²) in [5.41, 5.74) is 2.18. The molecule has 1 aromatic rings. The predicted molar refractivity (Wildman–Crippen MR) is 56.0 cm³/mol. The summed E-state index contributed by atoms with van der Waals surface area (Å²) < 4.78 is 5.59. The molecular weight excluding hydrogens is 200 g/mol. The van der Waals surface area contributed by atoms with Crippen LogP contribution in [0.5, 0.6) is 5.75 Å². The Morgan fingerprint density at radius 1 is 1.57 bits per heavy atom. The molecule has 0 saturated carbocycles. The standard InChI is InChI=1S/C11H13ClO2/c1-7-2-10(12)4-9-3-8(5-13)6-14-11(7)9/h2,4,8,13H,3,5-6H2,1H3. The highest BCUT2D eigenvalue weighted by Crippen LogP contribution is 2.33. The van der Waals surface area contributed by atoms with Gasteiger partial charge >= 0.3 is 0 Å². The van der Waals surface area contributed by atoms with Gasteiger partial charge in [0.25, 0.3) is 0 Å². The maximum Gasteiger partial charge on any atom is 0.125 e. The summed E-state index contributed by atoms with van der Waals surface area (Å²) in [6, 6.07) is 3.82. The van der Waals surface area contributed by atoms with Gasteiger partial charge in [0.15, 0.2) is 0 Å². The fraction of sp³-hybridized carbons (Fsp3) is 0.455. The van der Waals surface area contributed by atoms with Crippen LogP contribution in [-0.4, -0.2) is 18.3 Å². The summed E-state index contributed by atoms with van der Waals surface area (Å²) >= 11 is 5.95. The van der Waals surface area contributed by atoms with E-state index in [0.717, 1.165) is 28.3 Å². The molecule has 2 rings (SSSR count). The quantitative estimate of drug-likeness (QED) is 0.774. The van der Waals surface area contributed by atoms with Crippen LogP contribution in [0.1, 0.15) is 11.1 Å². The first-order chi connectivity index (χ1) is 6.70. The number of halogens is 1. The fourth-order valence-corrected chi connectivity index (χ4v) is 2.14. The van der Waals surface area contributed by atoms with E-state index in [1.54, 1.807) is 0 Å². The van der Waals surface area contributed by atoms with Crippen molar-refractivity contribution in [1.82, 2.24) is 0 Å². The third-order valence-electron chi connectivity index (χ3n) is 2.55.